The number of carbonyl (C=O) groups excluding carboxylic acids is 1. The van der Waals surface area contributed by atoms with Crippen LogP contribution in [0.15, 0.2) is 29.2 Å². The van der Waals surface area contributed by atoms with E-state index in [2.05, 4.69) is 12.0 Å². The summed E-state index contributed by atoms with van der Waals surface area (Å²) in [5, 5.41) is 4.18. The molecule has 0 aromatic carbocycles. The van der Waals surface area contributed by atoms with Gasteiger partial charge in [0, 0.05) is 12.6 Å². The van der Waals surface area contributed by atoms with Crippen LogP contribution in [0.25, 0.3) is 5.65 Å². The average molecular weight is 305 g/mol. The third kappa shape index (κ3) is 4.44. The molecule has 0 aliphatic carbocycles. The van der Waals surface area contributed by atoms with Crippen LogP contribution in [-0.2, 0) is 16.1 Å². The van der Waals surface area contributed by atoms with Crippen molar-refractivity contribution >= 4 is 11.6 Å². The van der Waals surface area contributed by atoms with Crippen LogP contribution < -0.4 is 5.69 Å². The van der Waals surface area contributed by atoms with E-state index in [1.807, 2.05) is 6.07 Å². The predicted molar refractivity (Wildman–Crippen MR) is 83.8 cm³/mol. The van der Waals surface area contributed by atoms with Crippen LogP contribution in [0, 0.1) is 0 Å². The Labute approximate surface area is 129 Å². The predicted octanol–water partition coefficient (Wildman–Crippen LogP) is 2.40. The Morgan fingerprint density at radius 2 is 2.05 bits per heavy atom. The van der Waals surface area contributed by atoms with Gasteiger partial charge in [-0.25, -0.2) is 9.48 Å². The van der Waals surface area contributed by atoms with E-state index >= 15 is 0 Å². The molecular formula is C16H23N3O3. The van der Waals surface area contributed by atoms with Crippen molar-refractivity contribution < 1.29 is 9.53 Å². The summed E-state index contributed by atoms with van der Waals surface area (Å²) in [6.07, 6.45) is 7.62. The fourth-order valence-electron chi connectivity index (χ4n) is 2.30. The first-order valence-electron chi connectivity index (χ1n) is 7.92. The van der Waals surface area contributed by atoms with Gasteiger partial charge < -0.3 is 4.74 Å². The summed E-state index contributed by atoms with van der Waals surface area (Å²) in [7, 11) is 0. The number of ether oxygens (including phenoxy) is 1. The van der Waals surface area contributed by atoms with Crippen LogP contribution >= 0.6 is 0 Å². The first-order chi connectivity index (χ1) is 10.7. The Morgan fingerprint density at radius 3 is 2.82 bits per heavy atom. The van der Waals surface area contributed by atoms with Gasteiger partial charge in [0.2, 0.25) is 0 Å². The summed E-state index contributed by atoms with van der Waals surface area (Å²) in [6.45, 7) is 2.62. The summed E-state index contributed by atoms with van der Waals surface area (Å²) < 4.78 is 7.95. The van der Waals surface area contributed by atoms with Crippen molar-refractivity contribution in [2.24, 2.45) is 0 Å². The van der Waals surface area contributed by atoms with Gasteiger partial charge in [0.1, 0.15) is 6.61 Å². The highest BCUT2D eigenvalue weighted by Crippen LogP contribution is 2.05. The van der Waals surface area contributed by atoms with Gasteiger partial charge in [0.05, 0.1) is 6.54 Å². The minimum atomic E-state index is -0.216. The van der Waals surface area contributed by atoms with Crippen LogP contribution in [0.5, 0.6) is 0 Å². The number of fused-ring (bicyclic) bond motifs is 1. The molecular weight excluding hydrogens is 282 g/mol. The number of pyridine rings is 1. The fraction of sp³-hybridized carbons (Fsp3) is 0.562. The Balaban J connectivity index is 1.72. The lowest BCUT2D eigenvalue weighted by Gasteiger charge is -2.04. The third-order valence-electron chi connectivity index (χ3n) is 3.54. The molecule has 0 amide bonds. The van der Waals surface area contributed by atoms with E-state index < -0.39 is 0 Å². The summed E-state index contributed by atoms with van der Waals surface area (Å²) in [6, 6.07) is 5.36. The monoisotopic (exact) mass is 305 g/mol. The molecule has 0 unspecified atom stereocenters. The van der Waals surface area contributed by atoms with Crippen LogP contribution in [0.4, 0.5) is 0 Å². The Hall–Kier alpha value is -2.11. The highest BCUT2D eigenvalue weighted by atomic mass is 16.5. The molecule has 2 heterocycles. The number of carbonyl (C=O) groups is 1. The first-order valence-corrected chi connectivity index (χ1v) is 7.92. The maximum Gasteiger partial charge on any atom is 0.350 e. The van der Waals surface area contributed by atoms with Crippen LogP contribution in [0.3, 0.4) is 0 Å². The SMILES string of the molecule is CCCCCCCC(=O)OCCn1nc2ccccn2c1=O. The second kappa shape index (κ2) is 8.36. The van der Waals surface area contributed by atoms with Crippen molar-refractivity contribution in [3.05, 3.63) is 34.9 Å². The summed E-state index contributed by atoms with van der Waals surface area (Å²) in [5.41, 5.74) is 0.376. The second-order valence-electron chi connectivity index (χ2n) is 5.32. The zero-order valence-corrected chi connectivity index (χ0v) is 13.0. The van der Waals surface area contributed by atoms with Crippen molar-refractivity contribution in [2.45, 2.75) is 52.0 Å². The molecule has 6 heteroatoms. The molecule has 0 bridgehead atoms. The Kier molecular flexibility index (Phi) is 6.18. The van der Waals surface area contributed by atoms with Gasteiger partial charge in [-0.1, -0.05) is 38.7 Å². The summed E-state index contributed by atoms with van der Waals surface area (Å²) in [5.74, 6) is -0.201. The van der Waals surface area contributed by atoms with Crippen LogP contribution in [0.2, 0.25) is 0 Å². The molecule has 120 valence electrons. The van der Waals surface area contributed by atoms with Crippen molar-refractivity contribution in [1.82, 2.24) is 14.2 Å². The molecule has 0 saturated heterocycles. The zero-order valence-electron chi connectivity index (χ0n) is 13.0. The fourth-order valence-corrected chi connectivity index (χ4v) is 2.30. The van der Waals surface area contributed by atoms with Gasteiger partial charge >= 0.3 is 11.7 Å². The average Bonchev–Trinajstić information content (AvgIpc) is 2.84. The summed E-state index contributed by atoms with van der Waals surface area (Å²) >= 11 is 0. The van der Waals surface area contributed by atoms with Gasteiger partial charge in [-0.3, -0.25) is 9.20 Å². The minimum Gasteiger partial charge on any atom is -0.464 e. The molecule has 6 nitrogen and oxygen atoms in total. The topological polar surface area (TPSA) is 65.6 Å². The maximum atomic E-state index is 12.0. The van der Waals surface area contributed by atoms with Crippen LogP contribution in [-0.4, -0.2) is 26.8 Å². The Bertz CT molecular complexity index is 660. The lowest BCUT2D eigenvalue weighted by molar-refractivity contribution is -0.144. The minimum absolute atomic E-state index is 0.178. The number of rotatable bonds is 9. The highest BCUT2D eigenvalue weighted by Gasteiger charge is 2.07. The molecule has 2 aromatic heterocycles. The number of unbranched alkanes of at least 4 members (excludes halogenated alkanes) is 4. The number of nitrogens with zero attached hydrogens (tertiary/aromatic N) is 3. The zero-order chi connectivity index (χ0) is 15.8. The number of hydrogen-bond donors (Lipinski definition) is 0. The molecule has 0 N–H and O–H groups in total. The maximum absolute atomic E-state index is 12.0. The van der Waals surface area contributed by atoms with E-state index in [1.54, 1.807) is 18.3 Å². The van der Waals surface area contributed by atoms with E-state index in [1.165, 1.54) is 28.3 Å². The first kappa shape index (κ1) is 16.3. The molecule has 0 atom stereocenters. The largest absolute Gasteiger partial charge is 0.464 e. The molecule has 0 spiro atoms. The second-order valence-corrected chi connectivity index (χ2v) is 5.32. The molecule has 0 fully saturated rings. The standard InChI is InChI=1S/C16H23N3O3/c1-2-3-4-5-6-10-15(20)22-13-12-19-16(21)18-11-8-7-9-14(18)17-19/h7-9,11H,2-6,10,12-13H2,1H3. The quantitative estimate of drug-likeness (QED) is 0.527. The normalized spacial score (nSPS) is 11.0. The van der Waals surface area contributed by atoms with Crippen LogP contribution in [0.1, 0.15) is 45.4 Å². The summed E-state index contributed by atoms with van der Waals surface area (Å²) in [4.78, 5) is 23.6. The molecule has 2 rings (SSSR count). The molecule has 0 radical (unpaired) electrons. The van der Waals surface area contributed by atoms with Gasteiger partial charge in [-0.05, 0) is 18.6 Å². The third-order valence-corrected chi connectivity index (χ3v) is 3.54. The van der Waals surface area contributed by atoms with E-state index in [0.29, 0.717) is 12.1 Å². The van der Waals surface area contributed by atoms with Gasteiger partial charge in [0.15, 0.2) is 5.65 Å². The van der Waals surface area contributed by atoms with E-state index in [4.69, 9.17) is 4.74 Å². The van der Waals surface area contributed by atoms with Crippen molar-refractivity contribution in [1.29, 1.82) is 0 Å². The number of hydrogen-bond acceptors (Lipinski definition) is 4. The number of aromatic nitrogens is 3. The van der Waals surface area contributed by atoms with E-state index in [-0.39, 0.29) is 24.8 Å². The lowest BCUT2D eigenvalue weighted by Crippen LogP contribution is -2.24. The van der Waals surface area contributed by atoms with Gasteiger partial charge in [0.25, 0.3) is 0 Å². The van der Waals surface area contributed by atoms with Crippen molar-refractivity contribution in [2.75, 3.05) is 6.61 Å². The molecule has 2 aromatic rings. The smallest absolute Gasteiger partial charge is 0.350 e. The van der Waals surface area contributed by atoms with E-state index in [9.17, 15) is 9.59 Å². The molecule has 22 heavy (non-hydrogen) atoms. The highest BCUT2D eigenvalue weighted by molar-refractivity contribution is 5.69. The molecule has 0 aliphatic rings. The lowest BCUT2D eigenvalue weighted by atomic mass is 10.1. The number of esters is 1. The van der Waals surface area contributed by atoms with Gasteiger partial charge in [-0.2, -0.15) is 0 Å². The molecule has 0 aliphatic heterocycles. The molecule has 0 saturated carbocycles. The van der Waals surface area contributed by atoms with Gasteiger partial charge in [-0.15, -0.1) is 5.10 Å². The van der Waals surface area contributed by atoms with Crippen molar-refractivity contribution in [3.63, 3.8) is 0 Å². The van der Waals surface area contributed by atoms with Crippen molar-refractivity contribution in [3.8, 4) is 0 Å². The van der Waals surface area contributed by atoms with E-state index in [0.717, 1.165) is 12.8 Å². The Morgan fingerprint density at radius 1 is 1.23 bits per heavy atom.